The Kier molecular flexibility index (Phi) is 7.07. The van der Waals surface area contributed by atoms with E-state index in [0.717, 1.165) is 50.3 Å². The van der Waals surface area contributed by atoms with Gasteiger partial charge in [-0.15, -0.1) is 0 Å². The van der Waals surface area contributed by atoms with Crippen LogP contribution in [0.1, 0.15) is 57.6 Å². The molecule has 1 aliphatic rings. The van der Waals surface area contributed by atoms with E-state index in [9.17, 15) is 0 Å². The summed E-state index contributed by atoms with van der Waals surface area (Å²) in [6.07, 6.45) is 11.6. The van der Waals surface area contributed by atoms with Gasteiger partial charge in [0.15, 0.2) is 0 Å². The third-order valence-electron chi connectivity index (χ3n) is 4.35. The Morgan fingerprint density at radius 2 is 2.14 bits per heavy atom. The Balaban J connectivity index is 1.73. The molecule has 2 rings (SSSR count). The summed E-state index contributed by atoms with van der Waals surface area (Å²) in [7, 11) is 0. The molecule has 0 amide bonds. The Morgan fingerprint density at radius 1 is 1.33 bits per heavy atom. The van der Waals surface area contributed by atoms with E-state index >= 15 is 0 Å². The van der Waals surface area contributed by atoms with Gasteiger partial charge in [0.05, 0.1) is 5.69 Å². The molecule has 0 atom stereocenters. The van der Waals surface area contributed by atoms with Gasteiger partial charge in [-0.2, -0.15) is 0 Å². The van der Waals surface area contributed by atoms with Gasteiger partial charge in [0, 0.05) is 32.5 Å². The maximum Gasteiger partial charge on any atom is 0.203 e. The predicted molar refractivity (Wildman–Crippen MR) is 87.8 cm³/mol. The van der Waals surface area contributed by atoms with E-state index < -0.39 is 0 Å². The van der Waals surface area contributed by atoms with Gasteiger partial charge in [-0.05, 0) is 32.6 Å². The third kappa shape index (κ3) is 5.70. The van der Waals surface area contributed by atoms with Gasteiger partial charge < -0.3 is 14.6 Å². The summed E-state index contributed by atoms with van der Waals surface area (Å²) in [6.45, 7) is 7.76. The number of hydrogen-bond donors (Lipinski definition) is 1. The molecule has 1 aromatic rings. The Bertz CT molecular complexity index is 397. The monoisotopic (exact) mass is 293 g/mol. The van der Waals surface area contributed by atoms with Crippen LogP contribution in [0.3, 0.4) is 0 Å². The van der Waals surface area contributed by atoms with Crippen LogP contribution in [0.25, 0.3) is 0 Å². The van der Waals surface area contributed by atoms with Gasteiger partial charge >= 0.3 is 0 Å². The second-order valence-electron chi connectivity index (χ2n) is 6.17. The number of nitrogens with one attached hydrogen (secondary N) is 1. The molecule has 0 saturated heterocycles. The van der Waals surface area contributed by atoms with E-state index in [2.05, 4.69) is 28.0 Å². The van der Waals surface area contributed by atoms with Crippen molar-refractivity contribution in [2.45, 2.75) is 65.3 Å². The topological polar surface area (TPSA) is 39.1 Å². The van der Waals surface area contributed by atoms with Gasteiger partial charge in [0.2, 0.25) is 5.95 Å². The molecule has 1 aliphatic carbocycles. The van der Waals surface area contributed by atoms with E-state index in [4.69, 9.17) is 4.74 Å². The zero-order valence-corrected chi connectivity index (χ0v) is 13.7. The van der Waals surface area contributed by atoms with Crippen molar-refractivity contribution in [3.05, 3.63) is 11.9 Å². The van der Waals surface area contributed by atoms with E-state index in [1.165, 1.54) is 38.5 Å². The van der Waals surface area contributed by atoms with Crippen LogP contribution >= 0.6 is 0 Å². The van der Waals surface area contributed by atoms with Crippen LogP contribution in [-0.4, -0.2) is 29.3 Å². The molecule has 0 aromatic carbocycles. The predicted octanol–water partition coefficient (Wildman–Crippen LogP) is 4.00. The number of nitrogens with zero attached hydrogens (tertiary/aromatic N) is 2. The minimum atomic E-state index is 0.801. The van der Waals surface area contributed by atoms with E-state index in [-0.39, 0.29) is 0 Å². The minimum absolute atomic E-state index is 0.801. The first kappa shape index (κ1) is 16.3. The number of rotatable bonds is 9. The van der Waals surface area contributed by atoms with Gasteiger partial charge in [0.1, 0.15) is 0 Å². The van der Waals surface area contributed by atoms with Crippen molar-refractivity contribution >= 4 is 5.95 Å². The summed E-state index contributed by atoms with van der Waals surface area (Å²) in [5, 5.41) is 3.53. The van der Waals surface area contributed by atoms with Crippen LogP contribution in [-0.2, 0) is 11.3 Å². The molecule has 0 unspecified atom stereocenters. The molecule has 0 bridgehead atoms. The van der Waals surface area contributed by atoms with Crippen LogP contribution < -0.4 is 5.32 Å². The average Bonchev–Trinajstić information content (AvgIpc) is 2.85. The lowest BCUT2D eigenvalue weighted by molar-refractivity contribution is 0.142. The number of aromatic nitrogens is 2. The minimum Gasteiger partial charge on any atom is -0.382 e. The van der Waals surface area contributed by atoms with E-state index in [1.54, 1.807) is 0 Å². The largest absolute Gasteiger partial charge is 0.382 e. The quantitative estimate of drug-likeness (QED) is 0.699. The SMILES string of the molecule is CCOCCCn1cc(C)nc1NCCC1CCCCC1. The molecule has 1 aromatic heterocycles. The third-order valence-corrected chi connectivity index (χ3v) is 4.35. The van der Waals surface area contributed by atoms with E-state index in [1.807, 2.05) is 6.92 Å². The summed E-state index contributed by atoms with van der Waals surface area (Å²) in [6, 6.07) is 0. The summed E-state index contributed by atoms with van der Waals surface area (Å²) in [5.41, 5.74) is 1.09. The fourth-order valence-corrected chi connectivity index (χ4v) is 3.20. The van der Waals surface area contributed by atoms with Crippen LogP contribution in [0.5, 0.6) is 0 Å². The molecule has 120 valence electrons. The summed E-state index contributed by atoms with van der Waals surface area (Å²) in [4.78, 5) is 4.60. The molecule has 0 aliphatic heterocycles. The lowest BCUT2D eigenvalue weighted by Gasteiger charge is -2.21. The Hall–Kier alpha value is -1.03. The highest BCUT2D eigenvalue weighted by Crippen LogP contribution is 2.26. The van der Waals surface area contributed by atoms with Crippen molar-refractivity contribution < 1.29 is 4.74 Å². The second-order valence-corrected chi connectivity index (χ2v) is 6.17. The molecule has 1 N–H and O–H groups in total. The number of aryl methyl sites for hydroxylation is 2. The van der Waals surface area contributed by atoms with Crippen molar-refractivity contribution in [2.24, 2.45) is 5.92 Å². The first-order chi connectivity index (χ1) is 10.3. The van der Waals surface area contributed by atoms with Crippen LogP contribution in [0.4, 0.5) is 5.95 Å². The molecule has 21 heavy (non-hydrogen) atoms. The fraction of sp³-hybridized carbons (Fsp3) is 0.824. The first-order valence-corrected chi connectivity index (χ1v) is 8.65. The van der Waals surface area contributed by atoms with Gasteiger partial charge in [0.25, 0.3) is 0 Å². The van der Waals surface area contributed by atoms with Crippen molar-refractivity contribution in [1.29, 1.82) is 0 Å². The maximum atomic E-state index is 5.41. The number of hydrogen-bond acceptors (Lipinski definition) is 3. The number of ether oxygens (including phenoxy) is 1. The molecule has 0 radical (unpaired) electrons. The average molecular weight is 293 g/mol. The zero-order chi connectivity index (χ0) is 14.9. The van der Waals surface area contributed by atoms with Crippen LogP contribution in [0.15, 0.2) is 6.20 Å². The second kappa shape index (κ2) is 9.08. The summed E-state index contributed by atoms with van der Waals surface area (Å²) in [5.74, 6) is 1.95. The molecule has 0 spiro atoms. The van der Waals surface area contributed by atoms with Crippen LogP contribution in [0, 0.1) is 12.8 Å². The molecule has 1 saturated carbocycles. The highest BCUT2D eigenvalue weighted by Gasteiger charge is 2.13. The van der Waals surface area contributed by atoms with Crippen molar-refractivity contribution in [2.75, 3.05) is 25.1 Å². The highest BCUT2D eigenvalue weighted by molar-refractivity contribution is 5.28. The lowest BCUT2D eigenvalue weighted by atomic mass is 9.87. The molecule has 1 heterocycles. The Labute approximate surface area is 129 Å². The fourth-order valence-electron chi connectivity index (χ4n) is 3.20. The number of imidazole rings is 1. The van der Waals surface area contributed by atoms with Crippen molar-refractivity contribution in [3.8, 4) is 0 Å². The molecule has 4 nitrogen and oxygen atoms in total. The standard InChI is InChI=1S/C17H31N3O/c1-3-21-13-7-12-20-14-15(2)19-17(20)18-11-10-16-8-5-4-6-9-16/h14,16H,3-13H2,1-2H3,(H,18,19). The van der Waals surface area contributed by atoms with Gasteiger partial charge in [-0.25, -0.2) is 4.98 Å². The zero-order valence-electron chi connectivity index (χ0n) is 13.7. The van der Waals surface area contributed by atoms with Gasteiger partial charge in [-0.3, -0.25) is 0 Å². The smallest absolute Gasteiger partial charge is 0.203 e. The van der Waals surface area contributed by atoms with Gasteiger partial charge in [-0.1, -0.05) is 32.1 Å². The normalized spacial score (nSPS) is 16.3. The number of anilines is 1. The van der Waals surface area contributed by atoms with Crippen LogP contribution in [0.2, 0.25) is 0 Å². The molecular formula is C17H31N3O. The Morgan fingerprint density at radius 3 is 2.90 bits per heavy atom. The lowest BCUT2D eigenvalue weighted by Crippen LogP contribution is -2.14. The van der Waals surface area contributed by atoms with E-state index in [0.29, 0.717) is 0 Å². The maximum absolute atomic E-state index is 5.41. The van der Waals surface area contributed by atoms with Crippen molar-refractivity contribution in [3.63, 3.8) is 0 Å². The molecular weight excluding hydrogens is 262 g/mol. The summed E-state index contributed by atoms with van der Waals surface area (Å²) < 4.78 is 7.64. The van der Waals surface area contributed by atoms with Crippen molar-refractivity contribution in [1.82, 2.24) is 9.55 Å². The molecule has 4 heteroatoms. The highest BCUT2D eigenvalue weighted by atomic mass is 16.5. The molecule has 1 fully saturated rings. The summed E-state index contributed by atoms with van der Waals surface area (Å²) >= 11 is 0. The first-order valence-electron chi connectivity index (χ1n) is 8.65.